The number of nitrogens with zero attached hydrogens (tertiary/aromatic N) is 2. The van der Waals surface area contributed by atoms with Gasteiger partial charge < -0.3 is 4.52 Å². The van der Waals surface area contributed by atoms with E-state index in [4.69, 9.17) is 4.52 Å². The molecule has 0 N–H and O–H groups in total. The summed E-state index contributed by atoms with van der Waals surface area (Å²) in [5.74, 6) is 1.25. The van der Waals surface area contributed by atoms with Crippen LogP contribution in [0.5, 0.6) is 0 Å². The fourth-order valence-electron chi connectivity index (χ4n) is 1.25. The zero-order valence-electron chi connectivity index (χ0n) is 8.65. The molecule has 0 aliphatic heterocycles. The molecule has 1 aromatic carbocycles. The Morgan fingerprint density at radius 2 is 2.00 bits per heavy atom. The maximum Gasteiger partial charge on any atom is 0.240 e. The fourth-order valence-corrected chi connectivity index (χ4v) is 1.70. The summed E-state index contributed by atoms with van der Waals surface area (Å²) in [5, 5.41) is 3.95. The molecule has 0 radical (unpaired) electrons. The van der Waals surface area contributed by atoms with E-state index < -0.39 is 0 Å². The molecule has 84 valence electrons. The van der Waals surface area contributed by atoms with E-state index in [1.165, 1.54) is 0 Å². The van der Waals surface area contributed by atoms with E-state index in [9.17, 15) is 0 Å². The third kappa shape index (κ3) is 2.52. The second-order valence-corrected chi connectivity index (χ2v) is 5.36. The molecule has 5 heteroatoms. The second-order valence-electron chi connectivity index (χ2n) is 3.34. The van der Waals surface area contributed by atoms with E-state index in [0.717, 1.165) is 16.5 Å². The van der Waals surface area contributed by atoms with Crippen LogP contribution in [0.2, 0.25) is 0 Å². The number of rotatable bonds is 3. The minimum atomic E-state index is 0.129. The Bertz CT molecular complexity index is 467. The van der Waals surface area contributed by atoms with Crippen LogP contribution in [0.4, 0.5) is 0 Å². The van der Waals surface area contributed by atoms with Crippen LogP contribution >= 0.6 is 31.9 Å². The van der Waals surface area contributed by atoms with Crippen molar-refractivity contribution in [1.82, 2.24) is 10.1 Å². The van der Waals surface area contributed by atoms with Crippen molar-refractivity contribution in [3.05, 3.63) is 34.6 Å². The Labute approximate surface area is 111 Å². The van der Waals surface area contributed by atoms with Gasteiger partial charge in [0, 0.05) is 10.0 Å². The van der Waals surface area contributed by atoms with Gasteiger partial charge in [-0.1, -0.05) is 43.9 Å². The van der Waals surface area contributed by atoms with Crippen LogP contribution in [0.15, 0.2) is 33.3 Å². The topological polar surface area (TPSA) is 38.9 Å². The third-order valence-corrected chi connectivity index (χ3v) is 3.74. The summed E-state index contributed by atoms with van der Waals surface area (Å²) in [6.45, 7) is 2.06. The molecular formula is C11H10Br2N2O. The number of halogens is 2. The normalized spacial score (nSPS) is 12.7. The first-order valence-corrected chi connectivity index (χ1v) is 6.65. The van der Waals surface area contributed by atoms with Gasteiger partial charge in [-0.25, -0.2) is 0 Å². The largest absolute Gasteiger partial charge is 0.338 e. The molecule has 3 nitrogen and oxygen atoms in total. The molecule has 0 saturated heterocycles. The lowest BCUT2D eigenvalue weighted by Gasteiger charge is -1.96. The quantitative estimate of drug-likeness (QED) is 0.776. The van der Waals surface area contributed by atoms with Crippen LogP contribution in [-0.4, -0.2) is 10.1 Å². The monoisotopic (exact) mass is 344 g/mol. The van der Waals surface area contributed by atoms with Crippen molar-refractivity contribution in [3.8, 4) is 11.4 Å². The summed E-state index contributed by atoms with van der Waals surface area (Å²) in [6.07, 6.45) is 0.919. The van der Waals surface area contributed by atoms with Gasteiger partial charge in [0.05, 0.1) is 4.83 Å². The van der Waals surface area contributed by atoms with Crippen LogP contribution < -0.4 is 0 Å². The summed E-state index contributed by atoms with van der Waals surface area (Å²) < 4.78 is 6.22. The summed E-state index contributed by atoms with van der Waals surface area (Å²) in [6, 6.07) is 7.81. The van der Waals surface area contributed by atoms with Gasteiger partial charge >= 0.3 is 0 Å². The standard InChI is InChI=1S/C11H10Br2N2O/c1-2-9(13)11-14-10(15-16-11)7-3-5-8(12)6-4-7/h3-6,9H,2H2,1H3. The Hall–Kier alpha value is -0.680. The van der Waals surface area contributed by atoms with Crippen molar-refractivity contribution >= 4 is 31.9 Å². The molecule has 2 aromatic rings. The lowest BCUT2D eigenvalue weighted by molar-refractivity contribution is 0.377. The number of alkyl halides is 1. The Balaban J connectivity index is 2.28. The molecule has 0 saturated carbocycles. The van der Waals surface area contributed by atoms with Crippen LogP contribution in [0, 0.1) is 0 Å². The molecule has 0 spiro atoms. The molecular weight excluding hydrogens is 336 g/mol. The summed E-state index contributed by atoms with van der Waals surface area (Å²) in [5.41, 5.74) is 0.953. The fraction of sp³-hybridized carbons (Fsp3) is 0.273. The molecule has 16 heavy (non-hydrogen) atoms. The Morgan fingerprint density at radius 1 is 1.31 bits per heavy atom. The highest BCUT2D eigenvalue weighted by molar-refractivity contribution is 9.10. The van der Waals surface area contributed by atoms with Gasteiger partial charge in [0.25, 0.3) is 0 Å². The number of hydrogen-bond acceptors (Lipinski definition) is 3. The van der Waals surface area contributed by atoms with Crippen molar-refractivity contribution in [2.24, 2.45) is 0 Å². The van der Waals surface area contributed by atoms with Gasteiger partial charge in [0.2, 0.25) is 11.7 Å². The van der Waals surface area contributed by atoms with Crippen LogP contribution in [0.25, 0.3) is 11.4 Å². The van der Waals surface area contributed by atoms with E-state index in [-0.39, 0.29) is 4.83 Å². The maximum absolute atomic E-state index is 5.18. The van der Waals surface area contributed by atoms with Crippen molar-refractivity contribution in [2.45, 2.75) is 18.2 Å². The lowest BCUT2D eigenvalue weighted by atomic mass is 10.2. The van der Waals surface area contributed by atoms with Crippen LogP contribution in [0.1, 0.15) is 24.1 Å². The first kappa shape index (κ1) is 11.8. The molecule has 0 aliphatic carbocycles. The van der Waals surface area contributed by atoms with Gasteiger partial charge in [0.15, 0.2) is 0 Å². The molecule has 0 amide bonds. The number of hydrogen-bond donors (Lipinski definition) is 0. The average Bonchev–Trinajstić information content (AvgIpc) is 2.78. The molecule has 1 unspecified atom stereocenters. The average molecular weight is 346 g/mol. The third-order valence-electron chi connectivity index (χ3n) is 2.17. The van der Waals surface area contributed by atoms with Crippen LogP contribution in [-0.2, 0) is 0 Å². The first-order chi connectivity index (χ1) is 7.70. The summed E-state index contributed by atoms with van der Waals surface area (Å²) in [7, 11) is 0. The second kappa shape index (κ2) is 5.10. The summed E-state index contributed by atoms with van der Waals surface area (Å²) >= 11 is 6.86. The molecule has 1 aromatic heterocycles. The van der Waals surface area contributed by atoms with E-state index in [0.29, 0.717) is 11.7 Å². The zero-order valence-corrected chi connectivity index (χ0v) is 11.8. The maximum atomic E-state index is 5.18. The minimum absolute atomic E-state index is 0.129. The van der Waals surface area contributed by atoms with Crippen molar-refractivity contribution < 1.29 is 4.52 Å². The van der Waals surface area contributed by atoms with Gasteiger partial charge in [0.1, 0.15) is 0 Å². The van der Waals surface area contributed by atoms with E-state index in [1.54, 1.807) is 0 Å². The predicted octanol–water partition coefficient (Wildman–Crippen LogP) is 4.35. The van der Waals surface area contributed by atoms with Crippen molar-refractivity contribution in [3.63, 3.8) is 0 Å². The highest BCUT2D eigenvalue weighted by Crippen LogP contribution is 2.26. The minimum Gasteiger partial charge on any atom is -0.338 e. The molecule has 1 atom stereocenters. The Morgan fingerprint density at radius 3 is 2.62 bits per heavy atom. The summed E-state index contributed by atoms with van der Waals surface area (Å²) in [4.78, 5) is 4.47. The van der Waals surface area contributed by atoms with E-state index in [1.807, 2.05) is 24.3 Å². The molecule has 0 aliphatic rings. The highest BCUT2D eigenvalue weighted by Gasteiger charge is 2.14. The van der Waals surface area contributed by atoms with Crippen LogP contribution in [0.3, 0.4) is 0 Å². The molecule has 1 heterocycles. The number of benzene rings is 1. The zero-order chi connectivity index (χ0) is 11.5. The molecule has 0 fully saturated rings. The smallest absolute Gasteiger partial charge is 0.240 e. The SMILES string of the molecule is CCC(Br)c1nc(-c2ccc(Br)cc2)no1. The van der Waals surface area contributed by atoms with E-state index in [2.05, 4.69) is 48.9 Å². The van der Waals surface area contributed by atoms with Gasteiger partial charge in [-0.2, -0.15) is 4.98 Å². The number of aromatic nitrogens is 2. The highest BCUT2D eigenvalue weighted by atomic mass is 79.9. The van der Waals surface area contributed by atoms with E-state index >= 15 is 0 Å². The first-order valence-electron chi connectivity index (χ1n) is 4.94. The van der Waals surface area contributed by atoms with Gasteiger partial charge in [-0.3, -0.25) is 0 Å². The Kier molecular flexibility index (Phi) is 3.76. The molecule has 2 rings (SSSR count). The van der Waals surface area contributed by atoms with Crippen molar-refractivity contribution in [2.75, 3.05) is 0 Å². The lowest BCUT2D eigenvalue weighted by Crippen LogP contribution is -1.87. The van der Waals surface area contributed by atoms with Crippen molar-refractivity contribution in [1.29, 1.82) is 0 Å². The predicted molar refractivity (Wildman–Crippen MR) is 69.4 cm³/mol. The van der Waals surface area contributed by atoms with Gasteiger partial charge in [-0.05, 0) is 30.7 Å². The van der Waals surface area contributed by atoms with Gasteiger partial charge in [-0.15, -0.1) is 0 Å². The molecule has 0 bridgehead atoms.